The molecule has 1 aliphatic heterocycles. The van der Waals surface area contributed by atoms with Gasteiger partial charge < -0.3 is 15.2 Å². The number of hydrogen-bond acceptors (Lipinski definition) is 4. The van der Waals surface area contributed by atoms with Crippen molar-refractivity contribution in [3.8, 4) is 0 Å². The van der Waals surface area contributed by atoms with Crippen LogP contribution in [0.25, 0.3) is 0 Å². The van der Waals surface area contributed by atoms with Crippen LogP contribution in [-0.4, -0.2) is 56.5 Å². The smallest absolute Gasteiger partial charge is 0.0661 e. The fraction of sp³-hybridized carbons (Fsp3) is 1.00. The average molecular weight is 228 g/mol. The second kappa shape index (κ2) is 5.00. The summed E-state index contributed by atoms with van der Waals surface area (Å²) in [5, 5.41) is 0. The van der Waals surface area contributed by atoms with Crippen molar-refractivity contribution in [3.63, 3.8) is 0 Å². The van der Waals surface area contributed by atoms with E-state index >= 15 is 0 Å². The number of morpholine rings is 1. The molecule has 0 spiro atoms. The molecule has 0 aromatic rings. The summed E-state index contributed by atoms with van der Waals surface area (Å²) in [6.45, 7) is 6.29. The molecule has 16 heavy (non-hydrogen) atoms. The molecule has 2 rings (SSSR count). The molecule has 2 N–H and O–H groups in total. The van der Waals surface area contributed by atoms with Gasteiger partial charge in [0, 0.05) is 26.2 Å². The highest BCUT2D eigenvalue weighted by Crippen LogP contribution is 2.44. The number of methoxy groups -OCH3 is 1. The second-order valence-electron chi connectivity index (χ2n) is 5.13. The Bertz CT molecular complexity index is 233. The van der Waals surface area contributed by atoms with Crippen molar-refractivity contribution in [1.82, 2.24) is 4.90 Å². The minimum absolute atomic E-state index is 0.0535. The Morgan fingerprint density at radius 2 is 2.25 bits per heavy atom. The van der Waals surface area contributed by atoms with E-state index in [0.29, 0.717) is 12.6 Å². The SMILES string of the molecule is COCC(CN)(C1CC1)N1CCOCC1C. The molecule has 2 fully saturated rings. The van der Waals surface area contributed by atoms with Gasteiger partial charge in [0.2, 0.25) is 0 Å². The summed E-state index contributed by atoms with van der Waals surface area (Å²) in [6.07, 6.45) is 2.59. The molecule has 0 aromatic heterocycles. The molecule has 1 saturated heterocycles. The third-order valence-electron chi connectivity index (χ3n) is 4.02. The topological polar surface area (TPSA) is 47.7 Å². The molecule has 1 saturated carbocycles. The molecule has 0 amide bonds. The summed E-state index contributed by atoms with van der Waals surface area (Å²) < 4.78 is 10.9. The molecule has 4 nitrogen and oxygen atoms in total. The number of ether oxygens (including phenoxy) is 2. The largest absolute Gasteiger partial charge is 0.383 e. The summed E-state index contributed by atoms with van der Waals surface area (Å²) in [7, 11) is 1.78. The van der Waals surface area contributed by atoms with Crippen LogP contribution in [0.3, 0.4) is 0 Å². The first-order valence-corrected chi connectivity index (χ1v) is 6.28. The van der Waals surface area contributed by atoms with E-state index in [-0.39, 0.29) is 5.54 Å². The van der Waals surface area contributed by atoms with Gasteiger partial charge in [-0.2, -0.15) is 0 Å². The summed E-state index contributed by atoms with van der Waals surface area (Å²) in [5.41, 5.74) is 6.12. The van der Waals surface area contributed by atoms with Crippen LogP contribution in [-0.2, 0) is 9.47 Å². The molecule has 0 aromatic carbocycles. The van der Waals surface area contributed by atoms with Crippen LogP contribution in [0.4, 0.5) is 0 Å². The van der Waals surface area contributed by atoms with Gasteiger partial charge >= 0.3 is 0 Å². The van der Waals surface area contributed by atoms with E-state index in [9.17, 15) is 0 Å². The Morgan fingerprint density at radius 3 is 2.75 bits per heavy atom. The zero-order valence-corrected chi connectivity index (χ0v) is 10.4. The minimum atomic E-state index is 0.0535. The Balaban J connectivity index is 2.14. The van der Waals surface area contributed by atoms with Crippen molar-refractivity contribution >= 4 is 0 Å². The van der Waals surface area contributed by atoms with E-state index in [0.717, 1.165) is 32.3 Å². The highest BCUT2D eigenvalue weighted by Gasteiger charge is 2.50. The fourth-order valence-electron chi connectivity index (χ4n) is 3.04. The number of hydrogen-bond donors (Lipinski definition) is 1. The molecule has 0 radical (unpaired) electrons. The fourth-order valence-corrected chi connectivity index (χ4v) is 3.04. The van der Waals surface area contributed by atoms with Crippen molar-refractivity contribution < 1.29 is 9.47 Å². The molecule has 1 heterocycles. The summed E-state index contributed by atoms with van der Waals surface area (Å²) in [6, 6.07) is 0.452. The first kappa shape index (κ1) is 12.3. The lowest BCUT2D eigenvalue weighted by Gasteiger charge is -2.48. The molecule has 2 atom stereocenters. The van der Waals surface area contributed by atoms with Gasteiger partial charge in [-0.1, -0.05) is 0 Å². The quantitative estimate of drug-likeness (QED) is 0.743. The monoisotopic (exact) mass is 228 g/mol. The maximum Gasteiger partial charge on any atom is 0.0661 e. The van der Waals surface area contributed by atoms with E-state index in [4.69, 9.17) is 15.2 Å². The van der Waals surface area contributed by atoms with Gasteiger partial charge in [-0.15, -0.1) is 0 Å². The molecule has 1 aliphatic carbocycles. The average Bonchev–Trinajstić information content (AvgIpc) is 3.11. The van der Waals surface area contributed by atoms with Crippen LogP contribution in [0.2, 0.25) is 0 Å². The highest BCUT2D eigenvalue weighted by molar-refractivity contribution is 5.05. The van der Waals surface area contributed by atoms with Crippen LogP contribution < -0.4 is 5.73 Å². The van der Waals surface area contributed by atoms with Crippen LogP contribution in [0.15, 0.2) is 0 Å². The first-order valence-electron chi connectivity index (χ1n) is 6.28. The normalized spacial score (nSPS) is 31.3. The van der Waals surface area contributed by atoms with Crippen LogP contribution in [0.1, 0.15) is 19.8 Å². The van der Waals surface area contributed by atoms with Crippen molar-refractivity contribution in [2.45, 2.75) is 31.3 Å². The predicted molar refractivity (Wildman–Crippen MR) is 63.4 cm³/mol. The van der Waals surface area contributed by atoms with Crippen molar-refractivity contribution in [3.05, 3.63) is 0 Å². The molecular formula is C12H24N2O2. The van der Waals surface area contributed by atoms with Gasteiger partial charge in [-0.25, -0.2) is 0 Å². The standard InChI is InChI=1S/C12H24N2O2/c1-10-7-16-6-5-14(10)12(8-13,9-15-2)11-3-4-11/h10-11H,3-9,13H2,1-2H3. The van der Waals surface area contributed by atoms with Crippen molar-refractivity contribution in [1.29, 1.82) is 0 Å². The minimum Gasteiger partial charge on any atom is -0.383 e. The third-order valence-corrected chi connectivity index (χ3v) is 4.02. The molecular weight excluding hydrogens is 204 g/mol. The van der Waals surface area contributed by atoms with E-state index in [1.54, 1.807) is 7.11 Å². The van der Waals surface area contributed by atoms with E-state index in [1.165, 1.54) is 12.8 Å². The van der Waals surface area contributed by atoms with E-state index in [1.807, 2.05) is 0 Å². The maximum atomic E-state index is 6.07. The molecule has 94 valence electrons. The van der Waals surface area contributed by atoms with Gasteiger partial charge in [0.1, 0.15) is 0 Å². The van der Waals surface area contributed by atoms with Gasteiger partial charge in [-0.3, -0.25) is 4.90 Å². The van der Waals surface area contributed by atoms with Crippen LogP contribution >= 0.6 is 0 Å². The van der Waals surface area contributed by atoms with E-state index < -0.39 is 0 Å². The maximum absolute atomic E-state index is 6.07. The second-order valence-corrected chi connectivity index (χ2v) is 5.13. The van der Waals surface area contributed by atoms with Crippen LogP contribution in [0.5, 0.6) is 0 Å². The van der Waals surface area contributed by atoms with Gasteiger partial charge in [0.15, 0.2) is 0 Å². The van der Waals surface area contributed by atoms with Gasteiger partial charge in [0.25, 0.3) is 0 Å². The van der Waals surface area contributed by atoms with Gasteiger partial charge in [-0.05, 0) is 25.7 Å². The third kappa shape index (κ3) is 2.12. The Hall–Kier alpha value is -0.160. The first-order chi connectivity index (χ1) is 7.74. The number of nitrogens with zero attached hydrogens (tertiary/aromatic N) is 1. The lowest BCUT2D eigenvalue weighted by Crippen LogP contribution is -2.64. The highest BCUT2D eigenvalue weighted by atomic mass is 16.5. The Kier molecular flexibility index (Phi) is 3.85. The predicted octanol–water partition coefficient (Wildman–Crippen LogP) is 0.461. The van der Waals surface area contributed by atoms with E-state index in [2.05, 4.69) is 11.8 Å². The number of nitrogens with two attached hydrogens (primary N) is 1. The van der Waals surface area contributed by atoms with Crippen LogP contribution in [0, 0.1) is 5.92 Å². The number of rotatable bonds is 5. The summed E-state index contributed by atoms with van der Waals surface area (Å²) in [5.74, 6) is 0.720. The Labute approximate surface area is 98.1 Å². The molecule has 4 heteroatoms. The zero-order chi connectivity index (χ0) is 11.6. The molecule has 2 unspecified atom stereocenters. The van der Waals surface area contributed by atoms with Crippen molar-refractivity contribution in [2.75, 3.05) is 40.0 Å². The lowest BCUT2D eigenvalue weighted by molar-refractivity contribution is -0.0879. The molecule has 0 bridgehead atoms. The Morgan fingerprint density at radius 1 is 1.50 bits per heavy atom. The lowest BCUT2D eigenvalue weighted by atomic mass is 9.89. The zero-order valence-electron chi connectivity index (χ0n) is 10.4. The van der Waals surface area contributed by atoms with Gasteiger partial charge in [0.05, 0.1) is 25.4 Å². The summed E-state index contributed by atoms with van der Waals surface area (Å²) in [4.78, 5) is 2.53. The van der Waals surface area contributed by atoms with Crippen molar-refractivity contribution in [2.24, 2.45) is 11.7 Å². The molecule has 2 aliphatic rings. The summed E-state index contributed by atoms with van der Waals surface area (Å²) >= 11 is 0.